The van der Waals surface area contributed by atoms with Crippen LogP contribution in [-0.4, -0.2) is 0 Å². The number of hydrogen-bond acceptors (Lipinski definition) is 2. The topological polar surface area (TPSA) is 38.0 Å². The van der Waals surface area contributed by atoms with Crippen LogP contribution >= 0.6 is 0 Å². The number of aryl methyl sites for hydroxylation is 1. The Balaban J connectivity index is 1.86. The van der Waals surface area contributed by atoms with E-state index >= 15 is 0 Å². The largest absolute Gasteiger partial charge is 0.271 e. The van der Waals surface area contributed by atoms with Gasteiger partial charge in [-0.25, -0.2) is 0 Å². The lowest BCUT2D eigenvalue weighted by Crippen LogP contribution is -2.31. The van der Waals surface area contributed by atoms with E-state index in [-0.39, 0.29) is 6.04 Å². The summed E-state index contributed by atoms with van der Waals surface area (Å²) in [5, 5.41) is 0. The van der Waals surface area contributed by atoms with Gasteiger partial charge in [0.05, 0.1) is 6.04 Å². The summed E-state index contributed by atoms with van der Waals surface area (Å²) in [5.41, 5.74) is 8.52. The summed E-state index contributed by atoms with van der Waals surface area (Å²) < 4.78 is 0. The Bertz CT molecular complexity index is 602. The smallest absolute Gasteiger partial charge is 0.0503 e. The van der Waals surface area contributed by atoms with E-state index in [9.17, 15) is 0 Å². The number of hydrogen-bond donors (Lipinski definition) is 2. The van der Waals surface area contributed by atoms with E-state index < -0.39 is 0 Å². The predicted octanol–water partition coefficient (Wildman–Crippen LogP) is 4.01. The predicted molar refractivity (Wildman–Crippen MR) is 88.0 cm³/mol. The lowest BCUT2D eigenvalue weighted by molar-refractivity contribution is 0.411. The molecule has 1 fully saturated rings. The minimum Gasteiger partial charge on any atom is -0.271 e. The molecule has 0 spiro atoms. The van der Waals surface area contributed by atoms with Crippen LogP contribution in [0.4, 0.5) is 0 Å². The van der Waals surface area contributed by atoms with Crippen molar-refractivity contribution in [3.63, 3.8) is 0 Å². The Morgan fingerprint density at radius 1 is 1.14 bits per heavy atom. The van der Waals surface area contributed by atoms with Crippen molar-refractivity contribution < 1.29 is 0 Å². The van der Waals surface area contributed by atoms with Crippen LogP contribution in [0.2, 0.25) is 0 Å². The Hall–Kier alpha value is -1.64. The summed E-state index contributed by atoms with van der Waals surface area (Å²) >= 11 is 0. The minimum absolute atomic E-state index is 0.184. The zero-order valence-electron chi connectivity index (χ0n) is 12.7. The Labute approximate surface area is 127 Å². The number of hydrazine groups is 1. The average Bonchev–Trinajstić information content (AvgIpc) is 2.44. The maximum atomic E-state index is 5.87. The van der Waals surface area contributed by atoms with Gasteiger partial charge in [-0.15, -0.1) is 0 Å². The number of benzene rings is 2. The van der Waals surface area contributed by atoms with Crippen LogP contribution in [0.15, 0.2) is 48.5 Å². The zero-order chi connectivity index (χ0) is 14.7. The zero-order valence-corrected chi connectivity index (χ0v) is 12.7. The molecule has 21 heavy (non-hydrogen) atoms. The third-order valence-electron chi connectivity index (χ3n) is 4.64. The number of nitrogens with two attached hydrogens (primary N) is 1. The maximum Gasteiger partial charge on any atom is 0.0503 e. The number of nitrogens with one attached hydrogen (secondary N) is 1. The molecule has 0 radical (unpaired) electrons. The molecule has 1 unspecified atom stereocenters. The molecule has 0 bridgehead atoms. The van der Waals surface area contributed by atoms with Gasteiger partial charge in [0.2, 0.25) is 0 Å². The fourth-order valence-electron chi connectivity index (χ4n) is 3.25. The highest BCUT2D eigenvalue weighted by atomic mass is 15.2. The average molecular weight is 280 g/mol. The highest BCUT2D eigenvalue weighted by Gasteiger charge is 2.24. The van der Waals surface area contributed by atoms with Crippen molar-refractivity contribution in [3.8, 4) is 0 Å². The van der Waals surface area contributed by atoms with Crippen molar-refractivity contribution in [2.24, 2.45) is 5.84 Å². The molecule has 2 aromatic carbocycles. The molecule has 2 aromatic rings. The van der Waals surface area contributed by atoms with Crippen LogP contribution in [-0.2, 0) is 6.42 Å². The summed E-state index contributed by atoms with van der Waals surface area (Å²) in [6, 6.07) is 17.7. The molecular weight excluding hydrogens is 256 g/mol. The van der Waals surface area contributed by atoms with Gasteiger partial charge in [-0.2, -0.15) is 0 Å². The molecule has 3 rings (SSSR count). The van der Waals surface area contributed by atoms with E-state index in [2.05, 4.69) is 60.9 Å². The normalized spacial score (nSPS) is 16.5. The molecule has 3 N–H and O–H groups in total. The molecule has 1 aliphatic carbocycles. The van der Waals surface area contributed by atoms with E-state index in [0.717, 1.165) is 12.3 Å². The Morgan fingerprint density at radius 3 is 2.62 bits per heavy atom. The third kappa shape index (κ3) is 3.17. The molecular formula is C19H24N2. The lowest BCUT2D eigenvalue weighted by atomic mass is 9.76. The Morgan fingerprint density at radius 2 is 1.95 bits per heavy atom. The SMILES string of the molecule is Cc1cccc(CC(NN)c2ccccc2C2CCC2)c1. The molecule has 0 amide bonds. The van der Waals surface area contributed by atoms with Crippen molar-refractivity contribution in [1.29, 1.82) is 0 Å². The molecule has 1 atom stereocenters. The summed E-state index contributed by atoms with van der Waals surface area (Å²) in [6.07, 6.45) is 4.93. The molecule has 0 aliphatic heterocycles. The quantitative estimate of drug-likeness (QED) is 0.641. The van der Waals surface area contributed by atoms with Gasteiger partial charge in [0.15, 0.2) is 0 Å². The molecule has 110 valence electrons. The van der Waals surface area contributed by atoms with E-state index in [4.69, 9.17) is 5.84 Å². The summed E-state index contributed by atoms with van der Waals surface area (Å²) in [6.45, 7) is 2.14. The van der Waals surface area contributed by atoms with Gasteiger partial charge in [-0.1, -0.05) is 60.5 Å². The molecule has 2 nitrogen and oxygen atoms in total. The van der Waals surface area contributed by atoms with Crippen LogP contribution in [0.3, 0.4) is 0 Å². The molecule has 1 saturated carbocycles. The first-order valence-electron chi connectivity index (χ1n) is 7.88. The molecule has 2 heteroatoms. The van der Waals surface area contributed by atoms with Gasteiger partial charge >= 0.3 is 0 Å². The van der Waals surface area contributed by atoms with Crippen LogP contribution in [0.5, 0.6) is 0 Å². The summed E-state index contributed by atoms with van der Waals surface area (Å²) in [5.74, 6) is 6.60. The summed E-state index contributed by atoms with van der Waals surface area (Å²) in [7, 11) is 0. The fourth-order valence-corrected chi connectivity index (χ4v) is 3.25. The van der Waals surface area contributed by atoms with Crippen LogP contribution in [0.1, 0.15) is 53.5 Å². The van der Waals surface area contributed by atoms with Crippen molar-refractivity contribution >= 4 is 0 Å². The van der Waals surface area contributed by atoms with Gasteiger partial charge in [0, 0.05) is 0 Å². The molecule has 0 saturated heterocycles. The van der Waals surface area contributed by atoms with Gasteiger partial charge in [0.25, 0.3) is 0 Å². The molecule has 1 aliphatic rings. The van der Waals surface area contributed by atoms with Gasteiger partial charge in [-0.3, -0.25) is 11.3 Å². The van der Waals surface area contributed by atoms with Crippen LogP contribution < -0.4 is 11.3 Å². The molecule has 0 heterocycles. The second-order valence-electron chi connectivity index (χ2n) is 6.17. The maximum absolute atomic E-state index is 5.87. The third-order valence-corrected chi connectivity index (χ3v) is 4.64. The van der Waals surface area contributed by atoms with E-state index in [0.29, 0.717) is 0 Å². The van der Waals surface area contributed by atoms with Gasteiger partial charge < -0.3 is 0 Å². The lowest BCUT2D eigenvalue weighted by Gasteiger charge is -2.30. The first kappa shape index (κ1) is 14.3. The second kappa shape index (κ2) is 6.42. The molecule has 0 aromatic heterocycles. The van der Waals surface area contributed by atoms with Crippen molar-refractivity contribution in [2.45, 2.75) is 44.6 Å². The van der Waals surface area contributed by atoms with E-state index in [1.165, 1.54) is 41.5 Å². The monoisotopic (exact) mass is 280 g/mol. The second-order valence-corrected chi connectivity index (χ2v) is 6.17. The van der Waals surface area contributed by atoms with Crippen LogP contribution in [0, 0.1) is 6.92 Å². The Kier molecular flexibility index (Phi) is 4.37. The standard InChI is InChI=1S/C19H24N2/c1-14-6-4-7-15(12-14)13-19(21-20)18-11-3-2-10-17(18)16-8-5-9-16/h2-4,6-7,10-12,16,19,21H,5,8-9,13,20H2,1H3. The first-order valence-corrected chi connectivity index (χ1v) is 7.88. The number of rotatable bonds is 5. The highest BCUT2D eigenvalue weighted by molar-refractivity contribution is 5.35. The minimum atomic E-state index is 0.184. The van der Waals surface area contributed by atoms with Crippen molar-refractivity contribution in [3.05, 3.63) is 70.8 Å². The van der Waals surface area contributed by atoms with Gasteiger partial charge in [-0.05, 0) is 48.8 Å². The van der Waals surface area contributed by atoms with Crippen LogP contribution in [0.25, 0.3) is 0 Å². The van der Waals surface area contributed by atoms with Crippen molar-refractivity contribution in [1.82, 2.24) is 5.43 Å². The van der Waals surface area contributed by atoms with E-state index in [1.807, 2.05) is 0 Å². The van der Waals surface area contributed by atoms with Gasteiger partial charge in [0.1, 0.15) is 0 Å². The first-order chi connectivity index (χ1) is 10.3. The van der Waals surface area contributed by atoms with E-state index in [1.54, 1.807) is 0 Å². The fraction of sp³-hybridized carbons (Fsp3) is 0.368. The summed E-state index contributed by atoms with van der Waals surface area (Å²) in [4.78, 5) is 0. The van der Waals surface area contributed by atoms with Crippen molar-refractivity contribution in [2.75, 3.05) is 0 Å². The highest BCUT2D eigenvalue weighted by Crippen LogP contribution is 2.39.